The van der Waals surface area contributed by atoms with Crippen molar-refractivity contribution in [3.8, 4) is 0 Å². The number of carbonyl (C=O) groups is 1. The molecule has 1 N–H and O–H groups in total. The van der Waals surface area contributed by atoms with Crippen LogP contribution in [0.25, 0.3) is 11.1 Å². The predicted molar refractivity (Wildman–Crippen MR) is 105 cm³/mol. The van der Waals surface area contributed by atoms with Gasteiger partial charge in [0.05, 0.1) is 10.5 Å². The van der Waals surface area contributed by atoms with Gasteiger partial charge in [0.2, 0.25) is 10.3 Å². The van der Waals surface area contributed by atoms with Crippen molar-refractivity contribution in [1.29, 1.82) is 0 Å². The molecule has 8 nitrogen and oxygen atoms in total. The number of hydrogen-bond donors (Lipinski definition) is 1. The third-order valence-corrected chi connectivity index (χ3v) is 5.47. The lowest BCUT2D eigenvalue weighted by Gasteiger charge is -2.23. The number of nitrogens with zero attached hydrogens (tertiary/aromatic N) is 2. The minimum Gasteiger partial charge on any atom is -0.455 e. The van der Waals surface area contributed by atoms with Crippen LogP contribution in [-0.4, -0.2) is 48.5 Å². The van der Waals surface area contributed by atoms with Crippen LogP contribution >= 0.6 is 27.5 Å². The van der Waals surface area contributed by atoms with Crippen molar-refractivity contribution in [2.75, 3.05) is 6.26 Å². The zero-order valence-electron chi connectivity index (χ0n) is 15.8. The van der Waals surface area contributed by atoms with E-state index in [9.17, 15) is 17.6 Å². The number of aromatic nitrogens is 2. The molecule has 0 aliphatic carbocycles. The van der Waals surface area contributed by atoms with Crippen molar-refractivity contribution in [3.05, 3.63) is 15.5 Å². The normalized spacial score (nSPS) is 14.7. The second-order valence-electron chi connectivity index (χ2n) is 7.24. The maximum absolute atomic E-state index is 14.7. The van der Waals surface area contributed by atoms with E-state index in [1.54, 1.807) is 20.8 Å². The SMILES string of the molecule is C[C@@H](NC(=O)OC(C)(C)C)[C@@H](F)Cc1oc2c(S(C)(=O)=O)nc(Cl)nc2c1Br. The number of carbonyl (C=O) groups excluding carboxylic acids is 1. The number of rotatable bonds is 5. The quantitative estimate of drug-likeness (QED) is 0.490. The van der Waals surface area contributed by atoms with Gasteiger partial charge >= 0.3 is 6.09 Å². The average molecular weight is 501 g/mol. The fraction of sp³-hybridized carbons (Fsp3) is 0.562. The minimum absolute atomic E-state index is 0.113. The number of hydrogen-bond acceptors (Lipinski definition) is 7. The van der Waals surface area contributed by atoms with Crippen LogP contribution < -0.4 is 5.32 Å². The molecule has 2 atom stereocenters. The number of amides is 1. The first-order chi connectivity index (χ1) is 12.7. The van der Waals surface area contributed by atoms with Crippen LogP contribution in [-0.2, 0) is 21.0 Å². The highest BCUT2D eigenvalue weighted by atomic mass is 79.9. The van der Waals surface area contributed by atoms with Gasteiger partial charge in [-0.25, -0.2) is 27.6 Å². The van der Waals surface area contributed by atoms with Crippen molar-refractivity contribution in [2.45, 2.75) is 57.0 Å². The fourth-order valence-corrected chi connectivity index (χ4v) is 3.72. The van der Waals surface area contributed by atoms with Crippen molar-refractivity contribution in [2.24, 2.45) is 0 Å². The first kappa shape index (κ1) is 22.8. The Morgan fingerprint density at radius 2 is 2.00 bits per heavy atom. The van der Waals surface area contributed by atoms with Gasteiger partial charge in [-0.2, -0.15) is 0 Å². The number of alkyl carbamates (subject to hydrolysis) is 1. The van der Waals surface area contributed by atoms with Crippen LogP contribution in [0.3, 0.4) is 0 Å². The highest BCUT2D eigenvalue weighted by Crippen LogP contribution is 2.34. The van der Waals surface area contributed by atoms with Gasteiger partial charge in [-0.05, 0) is 55.2 Å². The Balaban J connectivity index is 2.27. The summed E-state index contributed by atoms with van der Waals surface area (Å²) in [6, 6.07) is -0.890. The Kier molecular flexibility index (Phi) is 6.61. The summed E-state index contributed by atoms with van der Waals surface area (Å²) < 4.78 is 49.4. The van der Waals surface area contributed by atoms with E-state index in [2.05, 4.69) is 31.2 Å². The van der Waals surface area contributed by atoms with Crippen LogP contribution in [0.4, 0.5) is 9.18 Å². The molecule has 2 aromatic rings. The monoisotopic (exact) mass is 499 g/mol. The number of nitrogens with one attached hydrogen (secondary N) is 1. The van der Waals surface area contributed by atoms with E-state index in [1.807, 2.05) is 0 Å². The molecule has 0 aliphatic rings. The van der Waals surface area contributed by atoms with Gasteiger partial charge in [-0.15, -0.1) is 0 Å². The predicted octanol–water partition coefficient (Wildman–Crippen LogP) is 3.84. The van der Waals surface area contributed by atoms with Gasteiger partial charge in [0, 0.05) is 12.7 Å². The van der Waals surface area contributed by atoms with Crippen molar-refractivity contribution >= 4 is 54.6 Å². The van der Waals surface area contributed by atoms with E-state index in [-0.39, 0.29) is 38.1 Å². The summed E-state index contributed by atoms with van der Waals surface area (Å²) in [6.07, 6.45) is -1.60. The lowest BCUT2D eigenvalue weighted by molar-refractivity contribution is 0.0479. The molecule has 0 radical (unpaired) electrons. The highest BCUT2D eigenvalue weighted by molar-refractivity contribution is 9.10. The number of sulfone groups is 1. The number of alkyl halides is 1. The Bertz CT molecular complexity index is 1010. The Hall–Kier alpha value is -1.46. The summed E-state index contributed by atoms with van der Waals surface area (Å²) in [7, 11) is -3.75. The summed E-state index contributed by atoms with van der Waals surface area (Å²) in [5.74, 6) is 0.113. The molecule has 0 aliphatic heterocycles. The Morgan fingerprint density at radius 3 is 2.54 bits per heavy atom. The largest absolute Gasteiger partial charge is 0.455 e. The molecule has 0 saturated heterocycles. The molecular weight excluding hydrogens is 481 g/mol. The second-order valence-corrected chi connectivity index (χ2v) is 10.3. The molecule has 156 valence electrons. The lowest BCUT2D eigenvalue weighted by atomic mass is 10.1. The van der Waals surface area contributed by atoms with Crippen LogP contribution in [0.2, 0.25) is 5.28 Å². The summed E-state index contributed by atoms with van der Waals surface area (Å²) in [5.41, 5.74) is -0.707. The number of ether oxygens (including phenoxy) is 1. The molecule has 0 saturated carbocycles. The molecule has 28 heavy (non-hydrogen) atoms. The zero-order chi connectivity index (χ0) is 21.4. The van der Waals surface area contributed by atoms with Gasteiger partial charge in [-0.1, -0.05) is 0 Å². The van der Waals surface area contributed by atoms with Crippen molar-refractivity contribution in [1.82, 2.24) is 15.3 Å². The van der Waals surface area contributed by atoms with Crippen molar-refractivity contribution in [3.63, 3.8) is 0 Å². The molecule has 2 heterocycles. The van der Waals surface area contributed by atoms with E-state index in [1.165, 1.54) is 6.92 Å². The summed E-state index contributed by atoms with van der Waals surface area (Å²) in [6.45, 7) is 6.56. The topological polar surface area (TPSA) is 111 Å². The number of halogens is 3. The van der Waals surface area contributed by atoms with Crippen LogP contribution in [0, 0.1) is 0 Å². The van der Waals surface area contributed by atoms with Gasteiger partial charge < -0.3 is 14.5 Å². The van der Waals surface area contributed by atoms with Gasteiger partial charge in [0.15, 0.2) is 15.4 Å². The average Bonchev–Trinajstić information content (AvgIpc) is 2.80. The molecule has 0 fully saturated rings. The number of fused-ring (bicyclic) bond motifs is 1. The van der Waals surface area contributed by atoms with Crippen LogP contribution in [0.15, 0.2) is 13.9 Å². The molecule has 0 unspecified atom stereocenters. The van der Waals surface area contributed by atoms with Gasteiger partial charge in [0.25, 0.3) is 0 Å². The first-order valence-electron chi connectivity index (χ1n) is 8.17. The van der Waals surface area contributed by atoms with Crippen LogP contribution in [0.1, 0.15) is 33.5 Å². The smallest absolute Gasteiger partial charge is 0.407 e. The molecule has 2 aromatic heterocycles. The molecule has 1 amide bonds. The van der Waals surface area contributed by atoms with E-state index in [0.29, 0.717) is 0 Å². The third kappa shape index (κ3) is 5.54. The van der Waals surface area contributed by atoms with E-state index < -0.39 is 33.7 Å². The molecule has 0 spiro atoms. The lowest BCUT2D eigenvalue weighted by Crippen LogP contribution is -2.42. The van der Waals surface area contributed by atoms with E-state index >= 15 is 0 Å². The van der Waals surface area contributed by atoms with Crippen molar-refractivity contribution < 1.29 is 26.8 Å². The molecule has 0 bridgehead atoms. The number of furan rings is 1. The van der Waals surface area contributed by atoms with Gasteiger partial charge in [-0.3, -0.25) is 0 Å². The first-order valence-corrected chi connectivity index (χ1v) is 11.2. The third-order valence-electron chi connectivity index (χ3n) is 3.50. The zero-order valence-corrected chi connectivity index (χ0v) is 19.0. The molecule has 12 heteroatoms. The van der Waals surface area contributed by atoms with Crippen LogP contribution in [0.5, 0.6) is 0 Å². The maximum atomic E-state index is 14.7. The van der Waals surface area contributed by atoms with E-state index in [4.69, 9.17) is 20.8 Å². The Labute approximate surface area is 175 Å². The molecule has 0 aromatic carbocycles. The van der Waals surface area contributed by atoms with Gasteiger partial charge in [0.1, 0.15) is 23.0 Å². The Morgan fingerprint density at radius 1 is 1.39 bits per heavy atom. The summed E-state index contributed by atoms with van der Waals surface area (Å²) in [5, 5.41) is 1.75. The summed E-state index contributed by atoms with van der Waals surface area (Å²) >= 11 is 9.03. The molecular formula is C16H20BrClFN3O5S. The fourth-order valence-electron chi connectivity index (χ4n) is 2.27. The second kappa shape index (κ2) is 8.11. The summed E-state index contributed by atoms with van der Waals surface area (Å²) in [4.78, 5) is 19.4. The molecule has 2 rings (SSSR count). The minimum atomic E-state index is -3.75. The maximum Gasteiger partial charge on any atom is 0.407 e. The van der Waals surface area contributed by atoms with E-state index in [0.717, 1.165) is 6.26 Å². The standard InChI is InChI=1S/C16H20BrClFN3O5S/c1-7(20-15(23)27-16(2,3)4)8(19)6-9-10(17)11-12(26-9)13(28(5,24)25)22-14(18)21-11/h7-8H,6H2,1-5H3,(H,20,23)/t7-,8+/m1/s1. The highest BCUT2D eigenvalue weighted by Gasteiger charge is 2.28.